The van der Waals surface area contributed by atoms with Gasteiger partial charge in [-0.1, -0.05) is 115 Å². The Morgan fingerprint density at radius 3 is 1.68 bits per heavy atom. The fourth-order valence-electron chi connectivity index (χ4n) is 4.11. The first-order valence-electron chi connectivity index (χ1n) is 14.6. The van der Waals surface area contributed by atoms with Gasteiger partial charge < -0.3 is 15.5 Å². The van der Waals surface area contributed by atoms with E-state index in [4.69, 9.17) is 0 Å². The molecule has 0 aliphatic heterocycles. The summed E-state index contributed by atoms with van der Waals surface area (Å²) in [6, 6.07) is -0.616. The zero-order valence-corrected chi connectivity index (χ0v) is 22.6. The molecule has 0 aliphatic carbocycles. The van der Waals surface area contributed by atoms with Gasteiger partial charge in [-0.15, -0.1) is 0 Å². The quantitative estimate of drug-likeness (QED) is 0.0924. The molecule has 2 unspecified atom stereocenters. The van der Waals surface area contributed by atoms with Crippen LogP contribution in [0.4, 0.5) is 0 Å². The topological polar surface area (TPSA) is 69.6 Å². The van der Waals surface area contributed by atoms with Gasteiger partial charge >= 0.3 is 0 Å². The third kappa shape index (κ3) is 22.7. The average Bonchev–Trinajstić information content (AvgIpc) is 2.84. The number of aliphatic hydroxyl groups excluding tert-OH is 2. The first-order chi connectivity index (χ1) is 16.7. The summed E-state index contributed by atoms with van der Waals surface area (Å²) in [6.07, 6.45) is 31.3. The number of carbonyl (C=O) groups excluding carboxylic acids is 1. The number of rotatable bonds is 25. The Hall–Kier alpha value is -1.13. The van der Waals surface area contributed by atoms with Gasteiger partial charge in [0.05, 0.1) is 18.8 Å². The number of allylic oxidation sites excluding steroid dienone is 3. The Bertz CT molecular complexity index is 489. The summed E-state index contributed by atoms with van der Waals surface area (Å²) in [5.74, 6) is -0.0785. The largest absolute Gasteiger partial charge is 0.394 e. The van der Waals surface area contributed by atoms with E-state index in [1.807, 2.05) is 6.08 Å². The van der Waals surface area contributed by atoms with Crippen molar-refractivity contribution in [1.29, 1.82) is 0 Å². The second-order valence-electron chi connectivity index (χ2n) is 9.81. The molecule has 34 heavy (non-hydrogen) atoms. The third-order valence-electron chi connectivity index (χ3n) is 6.43. The van der Waals surface area contributed by atoms with Crippen LogP contribution in [0.15, 0.2) is 24.3 Å². The van der Waals surface area contributed by atoms with Crippen molar-refractivity contribution in [2.24, 2.45) is 0 Å². The molecule has 2 atom stereocenters. The lowest BCUT2D eigenvalue weighted by Crippen LogP contribution is -2.45. The van der Waals surface area contributed by atoms with E-state index in [1.54, 1.807) is 6.08 Å². The lowest BCUT2D eigenvalue weighted by atomic mass is 10.1. The molecule has 0 radical (unpaired) electrons. The molecule has 0 heterocycles. The Balaban J connectivity index is 3.57. The smallest absolute Gasteiger partial charge is 0.220 e. The van der Waals surface area contributed by atoms with Crippen LogP contribution < -0.4 is 5.32 Å². The number of hydrogen-bond donors (Lipinski definition) is 3. The van der Waals surface area contributed by atoms with Gasteiger partial charge in [-0.25, -0.2) is 0 Å². The van der Waals surface area contributed by atoms with Crippen LogP contribution in [-0.2, 0) is 4.79 Å². The van der Waals surface area contributed by atoms with E-state index in [1.165, 1.54) is 96.3 Å². The molecule has 0 spiro atoms. The van der Waals surface area contributed by atoms with Crippen molar-refractivity contribution in [2.75, 3.05) is 6.61 Å². The van der Waals surface area contributed by atoms with Crippen LogP contribution in [0.25, 0.3) is 0 Å². The van der Waals surface area contributed by atoms with Crippen molar-refractivity contribution in [3.05, 3.63) is 24.3 Å². The lowest BCUT2D eigenvalue weighted by molar-refractivity contribution is -0.123. The van der Waals surface area contributed by atoms with E-state index in [0.717, 1.165) is 25.7 Å². The van der Waals surface area contributed by atoms with Crippen molar-refractivity contribution < 1.29 is 15.0 Å². The van der Waals surface area contributed by atoms with E-state index in [0.29, 0.717) is 6.42 Å². The number of unbranched alkanes of at least 4 members (excludes halogenated alkanes) is 16. The zero-order chi connectivity index (χ0) is 25.1. The van der Waals surface area contributed by atoms with Crippen LogP contribution in [0.5, 0.6) is 0 Å². The highest BCUT2D eigenvalue weighted by Gasteiger charge is 2.17. The van der Waals surface area contributed by atoms with Crippen molar-refractivity contribution in [2.45, 2.75) is 154 Å². The Morgan fingerprint density at radius 2 is 1.12 bits per heavy atom. The van der Waals surface area contributed by atoms with Crippen LogP contribution >= 0.6 is 0 Å². The number of amides is 1. The molecule has 1 amide bonds. The standard InChI is InChI=1S/C30H57NO3/c1-3-5-7-9-10-11-12-13-14-15-16-17-18-19-20-22-24-26-30(34)31-28(27-32)29(33)25-23-21-8-6-4-2/h13-14,23,25,28-29,32-33H,3-12,15-22,24,26-27H2,1-2H3,(H,31,34)/b14-13-,25-23+. The van der Waals surface area contributed by atoms with Crippen molar-refractivity contribution >= 4 is 5.91 Å². The fourth-order valence-corrected chi connectivity index (χ4v) is 4.11. The van der Waals surface area contributed by atoms with E-state index < -0.39 is 12.1 Å². The van der Waals surface area contributed by atoms with Crippen LogP contribution in [0.1, 0.15) is 142 Å². The van der Waals surface area contributed by atoms with Gasteiger partial charge in [-0.3, -0.25) is 4.79 Å². The van der Waals surface area contributed by atoms with Crippen LogP contribution in [0.3, 0.4) is 0 Å². The monoisotopic (exact) mass is 479 g/mol. The highest BCUT2D eigenvalue weighted by atomic mass is 16.3. The minimum absolute atomic E-state index is 0.0785. The van der Waals surface area contributed by atoms with E-state index >= 15 is 0 Å². The van der Waals surface area contributed by atoms with Crippen molar-refractivity contribution in [3.63, 3.8) is 0 Å². The molecular formula is C30H57NO3. The van der Waals surface area contributed by atoms with Crippen LogP contribution in [-0.4, -0.2) is 34.9 Å². The molecule has 200 valence electrons. The molecule has 0 saturated heterocycles. The summed E-state index contributed by atoms with van der Waals surface area (Å²) in [7, 11) is 0. The van der Waals surface area contributed by atoms with E-state index in [2.05, 4.69) is 31.3 Å². The lowest BCUT2D eigenvalue weighted by Gasteiger charge is -2.20. The average molecular weight is 480 g/mol. The minimum atomic E-state index is -0.832. The summed E-state index contributed by atoms with van der Waals surface area (Å²) in [6.45, 7) is 4.18. The normalized spacial score (nSPS) is 13.6. The molecule has 0 fully saturated rings. The van der Waals surface area contributed by atoms with Gasteiger partial charge in [0.1, 0.15) is 0 Å². The summed E-state index contributed by atoms with van der Waals surface area (Å²) in [4.78, 5) is 12.1. The maximum atomic E-state index is 12.1. The van der Waals surface area contributed by atoms with Gasteiger partial charge in [0.2, 0.25) is 5.91 Å². The van der Waals surface area contributed by atoms with Crippen molar-refractivity contribution in [3.8, 4) is 0 Å². The first kappa shape index (κ1) is 32.9. The molecular weight excluding hydrogens is 422 g/mol. The summed E-state index contributed by atoms with van der Waals surface area (Å²) in [5.41, 5.74) is 0. The molecule has 4 heteroatoms. The van der Waals surface area contributed by atoms with Gasteiger partial charge in [0, 0.05) is 6.42 Å². The predicted molar refractivity (Wildman–Crippen MR) is 147 cm³/mol. The molecule has 0 aromatic heterocycles. The molecule has 0 aromatic carbocycles. The number of nitrogens with one attached hydrogen (secondary N) is 1. The predicted octanol–water partition coefficient (Wildman–Crippen LogP) is 7.78. The molecule has 0 rings (SSSR count). The molecule has 4 nitrogen and oxygen atoms in total. The van der Waals surface area contributed by atoms with Gasteiger partial charge in [0.25, 0.3) is 0 Å². The highest BCUT2D eigenvalue weighted by Crippen LogP contribution is 2.11. The van der Waals surface area contributed by atoms with Crippen LogP contribution in [0, 0.1) is 0 Å². The third-order valence-corrected chi connectivity index (χ3v) is 6.43. The molecule has 0 bridgehead atoms. The van der Waals surface area contributed by atoms with Crippen LogP contribution in [0.2, 0.25) is 0 Å². The van der Waals surface area contributed by atoms with Gasteiger partial charge in [0.15, 0.2) is 0 Å². The second kappa shape index (κ2) is 26.5. The minimum Gasteiger partial charge on any atom is -0.394 e. The molecule has 3 N–H and O–H groups in total. The Morgan fingerprint density at radius 1 is 0.676 bits per heavy atom. The van der Waals surface area contributed by atoms with E-state index in [-0.39, 0.29) is 12.5 Å². The Kier molecular flexibility index (Phi) is 25.6. The van der Waals surface area contributed by atoms with Gasteiger partial charge in [-0.05, 0) is 44.9 Å². The highest BCUT2D eigenvalue weighted by molar-refractivity contribution is 5.76. The van der Waals surface area contributed by atoms with Gasteiger partial charge in [-0.2, -0.15) is 0 Å². The number of aliphatic hydroxyl groups is 2. The maximum absolute atomic E-state index is 12.1. The molecule has 0 saturated carbocycles. The summed E-state index contributed by atoms with van der Waals surface area (Å²) in [5, 5.41) is 22.4. The number of hydrogen-bond acceptors (Lipinski definition) is 3. The molecule has 0 aromatic rings. The second-order valence-corrected chi connectivity index (χ2v) is 9.81. The Labute approximate surface area is 211 Å². The summed E-state index contributed by atoms with van der Waals surface area (Å²) >= 11 is 0. The first-order valence-corrected chi connectivity index (χ1v) is 14.6. The summed E-state index contributed by atoms with van der Waals surface area (Å²) < 4.78 is 0. The van der Waals surface area contributed by atoms with E-state index in [9.17, 15) is 15.0 Å². The SMILES string of the molecule is CCCCC/C=C/C(O)C(CO)NC(=O)CCCCCCCCC/C=C\CCCCCCCC. The van der Waals surface area contributed by atoms with Crippen molar-refractivity contribution in [1.82, 2.24) is 5.32 Å². The number of carbonyl (C=O) groups is 1. The fraction of sp³-hybridized carbons (Fsp3) is 0.833. The molecule has 0 aliphatic rings. The zero-order valence-electron chi connectivity index (χ0n) is 22.6. The maximum Gasteiger partial charge on any atom is 0.220 e.